The summed E-state index contributed by atoms with van der Waals surface area (Å²) < 4.78 is 0. The molecule has 0 heterocycles. The first-order valence-electron chi connectivity index (χ1n) is 6.72. The molecule has 1 rings (SSSR count). The molecule has 3 heteroatoms. The van der Waals surface area contributed by atoms with Gasteiger partial charge >= 0.3 is 0 Å². The van der Waals surface area contributed by atoms with Crippen molar-refractivity contribution in [2.45, 2.75) is 46.7 Å². The van der Waals surface area contributed by atoms with Crippen molar-refractivity contribution in [3.63, 3.8) is 0 Å². The van der Waals surface area contributed by atoms with Crippen LogP contribution < -0.4 is 5.32 Å². The van der Waals surface area contributed by atoms with Crippen molar-refractivity contribution < 1.29 is 5.11 Å². The number of hydrogen-bond donors (Lipinski definition) is 2. The van der Waals surface area contributed by atoms with Crippen LogP contribution in [0.25, 0.3) is 0 Å². The molecule has 1 aromatic rings. The van der Waals surface area contributed by atoms with Crippen LogP contribution in [0.2, 0.25) is 0 Å². The maximum atomic E-state index is 9.14. The monoisotopic (exact) mass is 260 g/mol. The molecule has 0 aliphatic carbocycles. The van der Waals surface area contributed by atoms with E-state index in [4.69, 9.17) is 10.4 Å². The summed E-state index contributed by atoms with van der Waals surface area (Å²) in [7, 11) is 0. The second-order valence-corrected chi connectivity index (χ2v) is 6.06. The minimum Gasteiger partial charge on any atom is -0.396 e. The summed E-state index contributed by atoms with van der Waals surface area (Å²) in [5.74, 6) is 0. The quantitative estimate of drug-likeness (QED) is 0.856. The Labute approximate surface area is 116 Å². The third-order valence-electron chi connectivity index (χ3n) is 3.47. The van der Waals surface area contributed by atoms with E-state index in [-0.39, 0.29) is 18.1 Å². The van der Waals surface area contributed by atoms with Crippen LogP contribution in [0.15, 0.2) is 18.2 Å². The molecule has 0 aliphatic rings. The van der Waals surface area contributed by atoms with E-state index in [0.29, 0.717) is 5.56 Å². The van der Waals surface area contributed by atoms with E-state index in [1.165, 1.54) is 5.56 Å². The lowest BCUT2D eigenvalue weighted by Crippen LogP contribution is -2.40. The maximum absolute atomic E-state index is 9.14. The Morgan fingerprint density at radius 2 is 2.05 bits per heavy atom. The molecular formula is C16H24N2O. The van der Waals surface area contributed by atoms with Gasteiger partial charge in [0.1, 0.15) is 0 Å². The van der Waals surface area contributed by atoms with Crippen molar-refractivity contribution in [3.05, 3.63) is 34.9 Å². The average Bonchev–Trinajstić information content (AvgIpc) is 2.34. The summed E-state index contributed by atoms with van der Waals surface area (Å²) >= 11 is 0. The van der Waals surface area contributed by atoms with Gasteiger partial charge in [0.15, 0.2) is 0 Å². The molecule has 0 radical (unpaired) electrons. The zero-order valence-corrected chi connectivity index (χ0v) is 12.3. The van der Waals surface area contributed by atoms with Crippen LogP contribution in [0.3, 0.4) is 0 Å². The number of nitriles is 1. The maximum Gasteiger partial charge on any atom is 0.0991 e. The number of rotatable bonds is 5. The van der Waals surface area contributed by atoms with Crippen LogP contribution in [-0.4, -0.2) is 17.8 Å². The summed E-state index contributed by atoms with van der Waals surface area (Å²) in [6.45, 7) is 9.50. The predicted molar refractivity (Wildman–Crippen MR) is 77.7 cm³/mol. The highest BCUT2D eigenvalue weighted by molar-refractivity contribution is 5.37. The molecule has 1 aromatic carbocycles. The van der Waals surface area contributed by atoms with E-state index in [1.807, 2.05) is 25.1 Å². The minimum absolute atomic E-state index is 0.114. The Kier molecular flexibility index (Phi) is 5.53. The number of aliphatic hydroxyl groups is 1. The lowest BCUT2D eigenvalue weighted by atomic mass is 9.84. The highest BCUT2D eigenvalue weighted by Crippen LogP contribution is 2.22. The molecule has 2 N–H and O–H groups in total. The van der Waals surface area contributed by atoms with Crippen LogP contribution in [0, 0.1) is 23.7 Å². The summed E-state index contributed by atoms with van der Waals surface area (Å²) in [5, 5.41) is 21.5. The Hall–Kier alpha value is -1.37. The van der Waals surface area contributed by atoms with Gasteiger partial charge in [0, 0.05) is 19.2 Å². The van der Waals surface area contributed by atoms with E-state index in [9.17, 15) is 0 Å². The highest BCUT2D eigenvalue weighted by atomic mass is 16.3. The van der Waals surface area contributed by atoms with Crippen LogP contribution in [0.4, 0.5) is 0 Å². The molecule has 0 saturated heterocycles. The topological polar surface area (TPSA) is 56.0 Å². The average molecular weight is 260 g/mol. The molecule has 0 saturated carbocycles. The normalized spacial score (nSPS) is 13.1. The fourth-order valence-corrected chi connectivity index (χ4v) is 2.17. The van der Waals surface area contributed by atoms with Crippen molar-refractivity contribution in [2.75, 3.05) is 6.61 Å². The van der Waals surface area contributed by atoms with Gasteiger partial charge < -0.3 is 10.4 Å². The van der Waals surface area contributed by atoms with E-state index < -0.39 is 0 Å². The van der Waals surface area contributed by atoms with Crippen LogP contribution in [-0.2, 0) is 6.54 Å². The number of benzene rings is 1. The number of nitrogens with zero attached hydrogens (tertiary/aromatic N) is 1. The molecule has 1 unspecified atom stereocenters. The first-order chi connectivity index (χ1) is 8.88. The summed E-state index contributed by atoms with van der Waals surface area (Å²) in [5.41, 5.74) is 3.14. The lowest BCUT2D eigenvalue weighted by Gasteiger charge is -2.31. The molecule has 3 nitrogen and oxygen atoms in total. The third kappa shape index (κ3) is 4.66. The zero-order valence-electron chi connectivity index (χ0n) is 12.3. The first kappa shape index (κ1) is 15.7. The van der Waals surface area contributed by atoms with Gasteiger partial charge in [-0.15, -0.1) is 0 Å². The van der Waals surface area contributed by atoms with E-state index in [1.54, 1.807) is 0 Å². The summed E-state index contributed by atoms with van der Waals surface area (Å²) in [6.07, 6.45) is 0.749. The van der Waals surface area contributed by atoms with Crippen molar-refractivity contribution >= 4 is 0 Å². The van der Waals surface area contributed by atoms with E-state index in [0.717, 1.165) is 18.5 Å². The highest BCUT2D eigenvalue weighted by Gasteiger charge is 2.23. The SMILES string of the molecule is Cc1cc(C#N)ccc1CNC(CCO)C(C)(C)C. The van der Waals surface area contributed by atoms with Crippen molar-refractivity contribution in [3.8, 4) is 6.07 Å². The number of aryl methyl sites for hydroxylation is 1. The standard InChI is InChI=1S/C16H24N2O/c1-12-9-13(10-17)5-6-14(12)11-18-15(7-8-19)16(2,3)4/h5-6,9,15,18-19H,7-8,11H2,1-4H3. The third-order valence-corrected chi connectivity index (χ3v) is 3.47. The minimum atomic E-state index is 0.114. The molecular weight excluding hydrogens is 236 g/mol. The fraction of sp³-hybridized carbons (Fsp3) is 0.562. The van der Waals surface area contributed by atoms with E-state index in [2.05, 4.69) is 32.2 Å². The first-order valence-corrected chi connectivity index (χ1v) is 6.72. The van der Waals surface area contributed by atoms with Crippen LogP contribution in [0.5, 0.6) is 0 Å². The smallest absolute Gasteiger partial charge is 0.0991 e. The van der Waals surface area contributed by atoms with Gasteiger partial charge in [-0.2, -0.15) is 5.26 Å². The molecule has 0 fully saturated rings. The largest absolute Gasteiger partial charge is 0.396 e. The molecule has 0 aliphatic heterocycles. The second kappa shape index (κ2) is 6.70. The summed E-state index contributed by atoms with van der Waals surface area (Å²) in [4.78, 5) is 0. The van der Waals surface area contributed by atoms with Crippen molar-refractivity contribution in [1.82, 2.24) is 5.32 Å². The van der Waals surface area contributed by atoms with Crippen LogP contribution >= 0.6 is 0 Å². The fourth-order valence-electron chi connectivity index (χ4n) is 2.17. The molecule has 0 amide bonds. The van der Waals surface area contributed by atoms with Gasteiger partial charge in [-0.1, -0.05) is 26.8 Å². The van der Waals surface area contributed by atoms with Gasteiger partial charge in [-0.05, 0) is 42.0 Å². The van der Waals surface area contributed by atoms with Gasteiger partial charge in [-0.25, -0.2) is 0 Å². The Balaban J connectivity index is 2.72. The number of nitrogens with one attached hydrogen (secondary N) is 1. The van der Waals surface area contributed by atoms with E-state index >= 15 is 0 Å². The van der Waals surface area contributed by atoms with Gasteiger partial charge in [0.05, 0.1) is 11.6 Å². The lowest BCUT2D eigenvalue weighted by molar-refractivity contribution is 0.196. The Morgan fingerprint density at radius 1 is 1.37 bits per heavy atom. The Morgan fingerprint density at radius 3 is 2.53 bits per heavy atom. The second-order valence-electron chi connectivity index (χ2n) is 6.06. The van der Waals surface area contributed by atoms with Crippen molar-refractivity contribution in [2.24, 2.45) is 5.41 Å². The van der Waals surface area contributed by atoms with Gasteiger partial charge in [-0.3, -0.25) is 0 Å². The van der Waals surface area contributed by atoms with Gasteiger partial charge in [0.25, 0.3) is 0 Å². The number of aliphatic hydroxyl groups excluding tert-OH is 1. The van der Waals surface area contributed by atoms with Gasteiger partial charge in [0.2, 0.25) is 0 Å². The van der Waals surface area contributed by atoms with Crippen LogP contribution in [0.1, 0.15) is 43.9 Å². The molecule has 0 spiro atoms. The summed E-state index contributed by atoms with van der Waals surface area (Å²) in [6, 6.07) is 8.18. The molecule has 1 atom stereocenters. The van der Waals surface area contributed by atoms with Crippen molar-refractivity contribution in [1.29, 1.82) is 5.26 Å². The molecule has 0 aromatic heterocycles. The molecule has 0 bridgehead atoms. The number of hydrogen-bond acceptors (Lipinski definition) is 3. The Bertz CT molecular complexity index is 455. The predicted octanol–water partition coefficient (Wildman–Crippen LogP) is 2.75. The molecule has 19 heavy (non-hydrogen) atoms. The zero-order chi connectivity index (χ0) is 14.5. The molecule has 104 valence electrons.